The van der Waals surface area contributed by atoms with Gasteiger partial charge in [0.05, 0.1) is 17.2 Å². The summed E-state index contributed by atoms with van der Waals surface area (Å²) in [5, 5.41) is 5.80. The summed E-state index contributed by atoms with van der Waals surface area (Å²) in [6.07, 6.45) is 0.654. The fourth-order valence-electron chi connectivity index (χ4n) is 3.83. The van der Waals surface area contributed by atoms with Crippen molar-refractivity contribution in [3.8, 4) is 11.3 Å². The van der Waals surface area contributed by atoms with Crippen LogP contribution in [0, 0.1) is 26.6 Å². The second-order valence-corrected chi connectivity index (χ2v) is 10.4. The van der Waals surface area contributed by atoms with E-state index in [1.165, 1.54) is 17.4 Å². The van der Waals surface area contributed by atoms with Crippen LogP contribution in [0.5, 0.6) is 0 Å². The van der Waals surface area contributed by atoms with E-state index < -0.39 is 9.84 Å². The molecule has 0 spiro atoms. The van der Waals surface area contributed by atoms with Gasteiger partial charge in [-0.3, -0.25) is 0 Å². The van der Waals surface area contributed by atoms with Gasteiger partial charge in [-0.25, -0.2) is 17.8 Å². The highest BCUT2D eigenvalue weighted by Crippen LogP contribution is 2.35. The SMILES string of the molecule is Cc1ccc(Nc2nc(-c3cc(C)n([C@@H]4CCS(=O)(=O)C4)c3C)cs2)cc1F. The third-order valence-electron chi connectivity index (χ3n) is 5.26. The molecule has 0 unspecified atom stereocenters. The Labute approximate surface area is 168 Å². The molecule has 1 saturated heterocycles. The van der Waals surface area contributed by atoms with Crippen molar-refractivity contribution in [2.75, 3.05) is 16.8 Å². The fraction of sp³-hybridized carbons (Fsp3) is 0.350. The number of sulfone groups is 1. The molecule has 4 rings (SSSR count). The van der Waals surface area contributed by atoms with Crippen molar-refractivity contribution < 1.29 is 12.8 Å². The number of hydrogen-bond donors (Lipinski definition) is 1. The van der Waals surface area contributed by atoms with Crippen LogP contribution in [0.3, 0.4) is 0 Å². The van der Waals surface area contributed by atoms with Gasteiger partial charge in [-0.2, -0.15) is 0 Å². The van der Waals surface area contributed by atoms with Crippen molar-refractivity contribution in [3.05, 3.63) is 52.4 Å². The smallest absolute Gasteiger partial charge is 0.187 e. The number of halogens is 1. The zero-order chi connectivity index (χ0) is 20.1. The Morgan fingerprint density at radius 1 is 1.25 bits per heavy atom. The summed E-state index contributed by atoms with van der Waals surface area (Å²) in [5.41, 5.74) is 5.16. The molecule has 1 aromatic carbocycles. The summed E-state index contributed by atoms with van der Waals surface area (Å²) in [5.74, 6) is 0.199. The molecule has 1 N–H and O–H groups in total. The highest BCUT2D eigenvalue weighted by Gasteiger charge is 2.31. The first-order valence-corrected chi connectivity index (χ1v) is 11.8. The Bertz CT molecular complexity index is 1150. The van der Waals surface area contributed by atoms with Gasteiger partial charge in [0, 0.05) is 34.1 Å². The summed E-state index contributed by atoms with van der Waals surface area (Å²) in [6.45, 7) is 5.74. The monoisotopic (exact) mass is 419 g/mol. The molecular weight excluding hydrogens is 397 g/mol. The molecule has 3 aromatic rings. The van der Waals surface area contributed by atoms with Crippen molar-refractivity contribution >= 4 is 32.0 Å². The number of aromatic nitrogens is 2. The van der Waals surface area contributed by atoms with Crippen LogP contribution in [0.2, 0.25) is 0 Å². The van der Waals surface area contributed by atoms with Gasteiger partial charge in [0.1, 0.15) is 5.82 Å². The number of thiazole rings is 1. The van der Waals surface area contributed by atoms with Crippen molar-refractivity contribution in [1.82, 2.24) is 9.55 Å². The second kappa shape index (κ2) is 7.00. The number of hydrogen-bond acceptors (Lipinski definition) is 5. The summed E-state index contributed by atoms with van der Waals surface area (Å²) >= 11 is 1.46. The molecule has 28 heavy (non-hydrogen) atoms. The zero-order valence-electron chi connectivity index (χ0n) is 16.0. The normalized spacial score (nSPS) is 18.5. The van der Waals surface area contributed by atoms with Crippen molar-refractivity contribution in [2.24, 2.45) is 0 Å². The first-order chi connectivity index (χ1) is 13.2. The summed E-state index contributed by atoms with van der Waals surface area (Å²) < 4.78 is 39.6. The molecule has 0 radical (unpaired) electrons. The Morgan fingerprint density at radius 2 is 2.04 bits per heavy atom. The standard InChI is InChI=1S/C20H22FN3O2S2/c1-12-4-5-15(9-18(12)21)22-20-23-19(10-27-20)17-8-13(2)24(14(17)3)16-6-7-28(25,26)11-16/h4-5,8-10,16H,6-7,11H2,1-3H3,(H,22,23)/t16-/m1/s1. The van der Waals surface area contributed by atoms with Gasteiger partial charge in [0.15, 0.2) is 15.0 Å². The Kier molecular flexibility index (Phi) is 4.79. The van der Waals surface area contributed by atoms with E-state index in [4.69, 9.17) is 0 Å². The lowest BCUT2D eigenvalue weighted by Crippen LogP contribution is -2.13. The van der Waals surface area contributed by atoms with E-state index >= 15 is 0 Å². The van der Waals surface area contributed by atoms with Gasteiger partial charge in [0.2, 0.25) is 0 Å². The average molecular weight is 420 g/mol. The van der Waals surface area contributed by atoms with E-state index in [-0.39, 0.29) is 23.4 Å². The lowest BCUT2D eigenvalue weighted by molar-refractivity contribution is 0.536. The van der Waals surface area contributed by atoms with Crippen LogP contribution in [0.15, 0.2) is 29.6 Å². The van der Waals surface area contributed by atoms with Crippen molar-refractivity contribution in [2.45, 2.75) is 33.2 Å². The maximum atomic E-state index is 13.8. The van der Waals surface area contributed by atoms with Crippen molar-refractivity contribution in [3.63, 3.8) is 0 Å². The lowest BCUT2D eigenvalue weighted by atomic mass is 10.2. The number of anilines is 2. The van der Waals surface area contributed by atoms with E-state index in [0.29, 0.717) is 22.8 Å². The number of aryl methyl sites for hydroxylation is 2. The largest absolute Gasteiger partial charge is 0.344 e. The zero-order valence-corrected chi connectivity index (χ0v) is 17.6. The minimum atomic E-state index is -2.94. The first kappa shape index (κ1) is 19.1. The fourth-order valence-corrected chi connectivity index (χ4v) is 6.26. The highest BCUT2D eigenvalue weighted by molar-refractivity contribution is 7.91. The van der Waals surface area contributed by atoms with Crippen LogP contribution < -0.4 is 5.32 Å². The van der Waals surface area contributed by atoms with E-state index in [1.54, 1.807) is 13.0 Å². The van der Waals surface area contributed by atoms with Crippen LogP contribution >= 0.6 is 11.3 Å². The van der Waals surface area contributed by atoms with E-state index in [1.807, 2.05) is 25.3 Å². The molecule has 1 atom stereocenters. The molecule has 0 saturated carbocycles. The maximum Gasteiger partial charge on any atom is 0.187 e. The Morgan fingerprint density at radius 3 is 2.71 bits per heavy atom. The maximum absolute atomic E-state index is 13.8. The molecule has 0 amide bonds. The molecule has 0 bridgehead atoms. The molecule has 148 valence electrons. The molecule has 0 aliphatic carbocycles. The Hall–Kier alpha value is -2.19. The lowest BCUT2D eigenvalue weighted by Gasteiger charge is -2.16. The van der Waals surface area contributed by atoms with E-state index in [0.717, 1.165) is 22.6 Å². The highest BCUT2D eigenvalue weighted by atomic mass is 32.2. The predicted octanol–water partition coefficient (Wildman–Crippen LogP) is 4.78. The summed E-state index contributed by atoms with van der Waals surface area (Å²) in [4.78, 5) is 4.65. The Balaban J connectivity index is 1.60. The molecular formula is C20H22FN3O2S2. The van der Waals surface area contributed by atoms with Gasteiger partial charge < -0.3 is 9.88 Å². The second-order valence-electron chi connectivity index (χ2n) is 7.34. The first-order valence-electron chi connectivity index (χ1n) is 9.11. The number of rotatable bonds is 4. The molecule has 1 fully saturated rings. The molecule has 1 aliphatic heterocycles. The average Bonchev–Trinajstić information content (AvgIpc) is 3.29. The molecule has 3 heterocycles. The van der Waals surface area contributed by atoms with Crippen LogP contribution in [0.4, 0.5) is 15.2 Å². The number of benzene rings is 1. The number of nitrogens with zero attached hydrogens (tertiary/aromatic N) is 2. The van der Waals surface area contributed by atoms with E-state index in [9.17, 15) is 12.8 Å². The van der Waals surface area contributed by atoms with Crippen LogP contribution in [-0.4, -0.2) is 29.5 Å². The minimum absolute atomic E-state index is 0.00878. The summed E-state index contributed by atoms with van der Waals surface area (Å²) in [7, 11) is -2.94. The van der Waals surface area contributed by atoms with Crippen molar-refractivity contribution in [1.29, 1.82) is 0 Å². The molecule has 2 aromatic heterocycles. The van der Waals surface area contributed by atoms with Crippen LogP contribution in [0.25, 0.3) is 11.3 Å². The minimum Gasteiger partial charge on any atom is -0.344 e. The third kappa shape index (κ3) is 3.58. The number of nitrogens with one attached hydrogen (secondary N) is 1. The van der Waals surface area contributed by atoms with Gasteiger partial charge in [-0.1, -0.05) is 6.07 Å². The van der Waals surface area contributed by atoms with Gasteiger partial charge >= 0.3 is 0 Å². The van der Waals surface area contributed by atoms with Gasteiger partial charge in [0.25, 0.3) is 0 Å². The predicted molar refractivity (Wildman–Crippen MR) is 112 cm³/mol. The van der Waals surface area contributed by atoms with Crippen LogP contribution in [0.1, 0.15) is 29.4 Å². The molecule has 5 nitrogen and oxygen atoms in total. The summed E-state index contributed by atoms with van der Waals surface area (Å²) in [6, 6.07) is 7.07. The molecule has 8 heteroatoms. The van der Waals surface area contributed by atoms with E-state index in [2.05, 4.69) is 20.9 Å². The third-order valence-corrected chi connectivity index (χ3v) is 7.77. The molecule has 1 aliphatic rings. The quantitative estimate of drug-likeness (QED) is 0.661. The van der Waals surface area contributed by atoms with Crippen LogP contribution in [-0.2, 0) is 9.84 Å². The van der Waals surface area contributed by atoms with Gasteiger partial charge in [-0.15, -0.1) is 11.3 Å². The van der Waals surface area contributed by atoms with Gasteiger partial charge in [-0.05, 0) is 51.0 Å². The topological polar surface area (TPSA) is 64.0 Å².